The number of urea groups is 1. The third-order valence-electron chi connectivity index (χ3n) is 4.02. The lowest BCUT2D eigenvalue weighted by Gasteiger charge is -2.16. The fraction of sp³-hybridized carbons (Fsp3) is 0.474. The zero-order valence-corrected chi connectivity index (χ0v) is 15.3. The zero-order valence-electron chi connectivity index (χ0n) is 15.3. The van der Waals surface area contributed by atoms with Crippen LogP contribution in [0.4, 0.5) is 4.79 Å². The van der Waals surface area contributed by atoms with Crippen LogP contribution in [0.25, 0.3) is 6.08 Å². The van der Waals surface area contributed by atoms with Crippen LogP contribution >= 0.6 is 0 Å². The van der Waals surface area contributed by atoms with Gasteiger partial charge in [0.05, 0.1) is 13.7 Å². The molecule has 0 aliphatic carbocycles. The summed E-state index contributed by atoms with van der Waals surface area (Å²) in [5.74, 6) is 1.19. The van der Waals surface area contributed by atoms with Gasteiger partial charge in [0.15, 0.2) is 11.5 Å². The number of rotatable bonds is 8. The Hall–Kier alpha value is -2.50. The number of nitrogens with one attached hydrogen (secondary N) is 1. The zero-order chi connectivity index (χ0) is 18.4. The highest BCUT2D eigenvalue weighted by Crippen LogP contribution is 2.28. The van der Waals surface area contributed by atoms with Gasteiger partial charge >= 0.3 is 6.03 Å². The van der Waals surface area contributed by atoms with E-state index in [-0.39, 0.29) is 11.9 Å². The summed E-state index contributed by atoms with van der Waals surface area (Å²) in [5.41, 5.74) is 0.239. The first-order valence-electron chi connectivity index (χ1n) is 8.46. The maximum absolute atomic E-state index is 12.1. The average Bonchev–Trinajstić information content (AvgIpc) is 2.77. The molecule has 3 amide bonds. The summed E-state index contributed by atoms with van der Waals surface area (Å²) in [5, 5.41) is 2.67. The van der Waals surface area contributed by atoms with E-state index >= 15 is 0 Å². The van der Waals surface area contributed by atoms with Gasteiger partial charge in [-0.2, -0.15) is 0 Å². The summed E-state index contributed by atoms with van der Waals surface area (Å²) in [4.78, 5) is 25.1. The highest BCUT2D eigenvalue weighted by Gasteiger charge is 2.43. The molecule has 0 radical (unpaired) electrons. The summed E-state index contributed by atoms with van der Waals surface area (Å²) >= 11 is 0. The first-order valence-corrected chi connectivity index (χ1v) is 8.46. The molecule has 1 aromatic carbocycles. The van der Waals surface area contributed by atoms with Crippen molar-refractivity contribution in [3.05, 3.63) is 29.8 Å². The van der Waals surface area contributed by atoms with E-state index in [4.69, 9.17) is 9.47 Å². The maximum Gasteiger partial charge on any atom is 0.325 e. The molecule has 2 rings (SSSR count). The molecule has 0 aromatic heterocycles. The van der Waals surface area contributed by atoms with Gasteiger partial charge in [-0.3, -0.25) is 9.69 Å². The second-order valence-electron chi connectivity index (χ2n) is 6.48. The average molecular weight is 346 g/mol. The second-order valence-corrected chi connectivity index (χ2v) is 6.48. The van der Waals surface area contributed by atoms with Crippen molar-refractivity contribution in [1.82, 2.24) is 10.2 Å². The topological polar surface area (TPSA) is 67.9 Å². The molecule has 0 unspecified atom stereocenters. The number of unbranched alkanes of at least 4 members (excludes halogenated alkanes) is 1. The van der Waals surface area contributed by atoms with Crippen molar-refractivity contribution in [2.75, 3.05) is 20.3 Å². The molecule has 0 atom stereocenters. The van der Waals surface area contributed by atoms with Crippen LogP contribution in [0, 0.1) is 0 Å². The lowest BCUT2D eigenvalue weighted by Crippen LogP contribution is -2.40. The fourth-order valence-electron chi connectivity index (χ4n) is 2.67. The monoisotopic (exact) mass is 346 g/mol. The molecular formula is C19H26N2O4. The van der Waals surface area contributed by atoms with Crippen LogP contribution in [0.3, 0.4) is 0 Å². The molecule has 25 heavy (non-hydrogen) atoms. The molecule has 1 aliphatic heterocycles. The number of amides is 3. The number of methoxy groups -OCH3 is 1. The SMILES string of the molecule is CC=Cc1ccc(OCCCCN2C(=O)NC(C)(C)C2=O)c(OC)c1. The van der Waals surface area contributed by atoms with Gasteiger partial charge in [0, 0.05) is 6.54 Å². The van der Waals surface area contributed by atoms with E-state index in [1.165, 1.54) is 4.90 Å². The van der Waals surface area contributed by atoms with E-state index in [2.05, 4.69) is 5.32 Å². The molecule has 1 saturated heterocycles. The van der Waals surface area contributed by atoms with Gasteiger partial charge in [-0.15, -0.1) is 0 Å². The van der Waals surface area contributed by atoms with Gasteiger partial charge in [0.25, 0.3) is 5.91 Å². The summed E-state index contributed by atoms with van der Waals surface area (Å²) in [6.45, 7) is 6.27. The van der Waals surface area contributed by atoms with Crippen molar-refractivity contribution in [3.63, 3.8) is 0 Å². The van der Waals surface area contributed by atoms with Gasteiger partial charge in [-0.05, 0) is 51.3 Å². The molecule has 1 N–H and O–H groups in total. The van der Waals surface area contributed by atoms with E-state index in [9.17, 15) is 9.59 Å². The van der Waals surface area contributed by atoms with E-state index in [1.54, 1.807) is 21.0 Å². The number of hydrogen-bond acceptors (Lipinski definition) is 4. The molecule has 0 bridgehead atoms. The smallest absolute Gasteiger partial charge is 0.325 e. The molecule has 0 spiro atoms. The van der Waals surface area contributed by atoms with Crippen molar-refractivity contribution in [1.29, 1.82) is 0 Å². The Morgan fingerprint density at radius 1 is 1.20 bits per heavy atom. The largest absolute Gasteiger partial charge is 0.493 e. The predicted octanol–water partition coefficient (Wildman–Crippen LogP) is 3.22. The van der Waals surface area contributed by atoms with Crippen molar-refractivity contribution in [2.24, 2.45) is 0 Å². The third kappa shape index (κ3) is 4.53. The standard InChI is InChI=1S/C19H26N2O4/c1-5-8-14-9-10-15(16(13-14)24-4)25-12-7-6-11-21-17(22)19(2,3)20-18(21)23/h5,8-10,13H,6-7,11-12H2,1-4H3,(H,20,23). The Kier molecular flexibility index (Phi) is 6.07. The van der Waals surface area contributed by atoms with E-state index in [0.29, 0.717) is 31.1 Å². The number of ether oxygens (including phenoxy) is 2. The van der Waals surface area contributed by atoms with Crippen molar-refractivity contribution >= 4 is 18.0 Å². The number of imide groups is 1. The number of allylic oxidation sites excluding steroid dienone is 1. The van der Waals surface area contributed by atoms with E-state index in [0.717, 1.165) is 12.0 Å². The van der Waals surface area contributed by atoms with Crippen LogP contribution in [0.2, 0.25) is 0 Å². The number of hydrogen-bond donors (Lipinski definition) is 1. The first kappa shape index (κ1) is 18.8. The Morgan fingerprint density at radius 3 is 2.56 bits per heavy atom. The molecule has 136 valence electrons. The molecule has 1 aromatic rings. The quantitative estimate of drug-likeness (QED) is 0.580. The maximum atomic E-state index is 12.1. The van der Waals surface area contributed by atoms with Crippen molar-refractivity contribution in [3.8, 4) is 11.5 Å². The lowest BCUT2D eigenvalue weighted by molar-refractivity contribution is -0.130. The number of benzene rings is 1. The van der Waals surface area contributed by atoms with Gasteiger partial charge in [-0.25, -0.2) is 4.79 Å². The lowest BCUT2D eigenvalue weighted by atomic mass is 10.1. The molecule has 0 saturated carbocycles. The first-order chi connectivity index (χ1) is 11.9. The minimum atomic E-state index is -0.810. The van der Waals surface area contributed by atoms with Gasteiger partial charge in [-0.1, -0.05) is 18.2 Å². The van der Waals surface area contributed by atoms with Crippen LogP contribution < -0.4 is 14.8 Å². The molecule has 6 nitrogen and oxygen atoms in total. The highest BCUT2D eigenvalue weighted by molar-refractivity contribution is 6.06. The summed E-state index contributed by atoms with van der Waals surface area (Å²) in [6, 6.07) is 5.45. The van der Waals surface area contributed by atoms with E-state index < -0.39 is 5.54 Å². The van der Waals surface area contributed by atoms with Crippen LogP contribution in [0.5, 0.6) is 11.5 Å². The normalized spacial score (nSPS) is 16.4. The minimum absolute atomic E-state index is 0.181. The third-order valence-corrected chi connectivity index (χ3v) is 4.02. The number of carbonyl (C=O) groups excluding carboxylic acids is 2. The van der Waals surface area contributed by atoms with Crippen LogP contribution in [0.1, 0.15) is 39.2 Å². The Balaban J connectivity index is 1.80. The fourth-order valence-corrected chi connectivity index (χ4v) is 2.67. The minimum Gasteiger partial charge on any atom is -0.493 e. The molecule has 1 fully saturated rings. The van der Waals surface area contributed by atoms with Crippen molar-refractivity contribution < 1.29 is 19.1 Å². The van der Waals surface area contributed by atoms with Gasteiger partial charge in [0.1, 0.15) is 5.54 Å². The van der Waals surface area contributed by atoms with Gasteiger partial charge < -0.3 is 14.8 Å². The Labute approximate surface area is 148 Å². The number of nitrogens with zero attached hydrogens (tertiary/aromatic N) is 1. The summed E-state index contributed by atoms with van der Waals surface area (Å²) in [6.07, 6.45) is 5.38. The molecule has 1 aliphatic rings. The second kappa shape index (κ2) is 8.05. The van der Waals surface area contributed by atoms with Crippen LogP contribution in [-0.2, 0) is 4.79 Å². The van der Waals surface area contributed by atoms with Crippen molar-refractivity contribution in [2.45, 2.75) is 39.2 Å². The van der Waals surface area contributed by atoms with E-state index in [1.807, 2.05) is 37.3 Å². The molecule has 1 heterocycles. The highest BCUT2D eigenvalue weighted by atomic mass is 16.5. The van der Waals surface area contributed by atoms with Crippen LogP contribution in [0.15, 0.2) is 24.3 Å². The molecular weight excluding hydrogens is 320 g/mol. The number of carbonyl (C=O) groups is 2. The Morgan fingerprint density at radius 2 is 1.96 bits per heavy atom. The van der Waals surface area contributed by atoms with Gasteiger partial charge in [0.2, 0.25) is 0 Å². The Bertz CT molecular complexity index is 667. The molecule has 6 heteroatoms. The summed E-state index contributed by atoms with van der Waals surface area (Å²) in [7, 11) is 1.61. The van der Waals surface area contributed by atoms with Crippen LogP contribution in [-0.4, -0.2) is 42.6 Å². The predicted molar refractivity (Wildman–Crippen MR) is 96.8 cm³/mol. The summed E-state index contributed by atoms with van der Waals surface area (Å²) < 4.78 is 11.1.